The molecule has 1 fully saturated rings. The molecule has 4 heteroatoms. The van der Waals surface area contributed by atoms with Crippen molar-refractivity contribution < 1.29 is 9.59 Å². The number of piperidine rings is 1. The van der Waals surface area contributed by atoms with Crippen LogP contribution in [0, 0.1) is 19.3 Å². The van der Waals surface area contributed by atoms with E-state index in [1.54, 1.807) is 0 Å². The van der Waals surface area contributed by atoms with E-state index in [4.69, 9.17) is 0 Å². The zero-order valence-corrected chi connectivity index (χ0v) is 15.0. The van der Waals surface area contributed by atoms with Crippen LogP contribution in [0.2, 0.25) is 0 Å². The Labute approximate surface area is 139 Å². The summed E-state index contributed by atoms with van der Waals surface area (Å²) in [6.45, 7) is 11.8. The summed E-state index contributed by atoms with van der Waals surface area (Å²) in [5, 5.41) is 3.06. The van der Waals surface area contributed by atoms with E-state index in [0.717, 1.165) is 35.6 Å². The molecule has 0 bridgehead atoms. The number of nitrogens with zero attached hydrogens (tertiary/aromatic N) is 1. The summed E-state index contributed by atoms with van der Waals surface area (Å²) >= 11 is 0. The number of benzene rings is 1. The molecule has 0 radical (unpaired) electrons. The molecule has 1 aromatic rings. The smallest absolute Gasteiger partial charge is 0.224 e. The van der Waals surface area contributed by atoms with Gasteiger partial charge in [0.25, 0.3) is 0 Å². The van der Waals surface area contributed by atoms with E-state index in [1.807, 2.05) is 13.8 Å². The van der Waals surface area contributed by atoms with Gasteiger partial charge in [0.05, 0.1) is 0 Å². The van der Waals surface area contributed by atoms with Gasteiger partial charge in [-0.3, -0.25) is 9.59 Å². The number of hydrogen-bond acceptors (Lipinski definition) is 3. The second-order valence-corrected chi connectivity index (χ2v) is 7.77. The van der Waals surface area contributed by atoms with E-state index in [-0.39, 0.29) is 11.3 Å². The molecule has 0 aromatic heterocycles. The Morgan fingerprint density at radius 1 is 1.13 bits per heavy atom. The van der Waals surface area contributed by atoms with Crippen molar-refractivity contribution in [2.24, 2.45) is 5.41 Å². The molecule has 1 amide bonds. The minimum Gasteiger partial charge on any atom is -0.371 e. The number of anilines is 2. The fourth-order valence-corrected chi connectivity index (χ4v) is 3.00. The standard InChI is InChI=1S/C19H28N2O2/c1-13-10-15(21-8-6-16(22)7-9-21)11-14(2)18(13)20-17(23)12-19(3,4)5/h10-11H,6-9,12H2,1-5H3,(H,20,23). The molecular weight excluding hydrogens is 288 g/mol. The van der Waals surface area contributed by atoms with Crippen molar-refractivity contribution in [1.82, 2.24) is 0 Å². The third-order valence-corrected chi connectivity index (χ3v) is 4.16. The van der Waals surface area contributed by atoms with Gasteiger partial charge in [-0.1, -0.05) is 20.8 Å². The van der Waals surface area contributed by atoms with Crippen molar-refractivity contribution in [1.29, 1.82) is 0 Å². The number of carbonyl (C=O) groups excluding carboxylic acids is 2. The summed E-state index contributed by atoms with van der Waals surface area (Å²) < 4.78 is 0. The molecule has 126 valence electrons. The summed E-state index contributed by atoms with van der Waals surface area (Å²) in [6, 6.07) is 4.21. The summed E-state index contributed by atoms with van der Waals surface area (Å²) in [5.41, 5.74) is 4.17. The molecule has 0 unspecified atom stereocenters. The van der Waals surface area contributed by atoms with Crippen molar-refractivity contribution in [3.05, 3.63) is 23.3 Å². The van der Waals surface area contributed by atoms with Crippen LogP contribution in [0.1, 0.15) is 51.2 Å². The van der Waals surface area contributed by atoms with Crippen LogP contribution in [0.3, 0.4) is 0 Å². The van der Waals surface area contributed by atoms with E-state index in [1.165, 1.54) is 0 Å². The Morgan fingerprint density at radius 2 is 1.65 bits per heavy atom. The lowest BCUT2D eigenvalue weighted by molar-refractivity contribution is -0.119. The molecule has 0 atom stereocenters. The van der Waals surface area contributed by atoms with Crippen LogP contribution >= 0.6 is 0 Å². The average Bonchev–Trinajstić information content (AvgIpc) is 2.41. The van der Waals surface area contributed by atoms with Crippen LogP contribution in [0.4, 0.5) is 11.4 Å². The number of ketones is 1. The maximum atomic E-state index is 12.2. The zero-order valence-electron chi connectivity index (χ0n) is 15.0. The number of amides is 1. The van der Waals surface area contributed by atoms with Gasteiger partial charge in [-0.15, -0.1) is 0 Å². The fourth-order valence-electron chi connectivity index (χ4n) is 3.00. The Hall–Kier alpha value is -1.84. The topological polar surface area (TPSA) is 49.4 Å². The zero-order chi connectivity index (χ0) is 17.2. The Kier molecular flexibility index (Phi) is 5.12. The minimum atomic E-state index is -0.0217. The molecule has 1 aliphatic rings. The lowest BCUT2D eigenvalue weighted by Gasteiger charge is -2.29. The molecule has 4 nitrogen and oxygen atoms in total. The Morgan fingerprint density at radius 3 is 2.13 bits per heavy atom. The van der Waals surface area contributed by atoms with E-state index < -0.39 is 0 Å². The number of aryl methyl sites for hydroxylation is 2. The van der Waals surface area contributed by atoms with Crippen LogP contribution in [0.25, 0.3) is 0 Å². The molecule has 1 saturated heterocycles. The van der Waals surface area contributed by atoms with Crippen molar-refractivity contribution in [3.8, 4) is 0 Å². The maximum Gasteiger partial charge on any atom is 0.224 e. The lowest BCUT2D eigenvalue weighted by atomic mass is 9.92. The highest BCUT2D eigenvalue weighted by Gasteiger charge is 2.20. The van der Waals surface area contributed by atoms with E-state index in [0.29, 0.717) is 25.0 Å². The lowest BCUT2D eigenvalue weighted by Crippen LogP contribution is -2.33. The van der Waals surface area contributed by atoms with Crippen molar-refractivity contribution >= 4 is 23.1 Å². The number of carbonyl (C=O) groups is 2. The molecule has 1 aromatic carbocycles. The van der Waals surface area contributed by atoms with Crippen LogP contribution in [-0.2, 0) is 9.59 Å². The third-order valence-electron chi connectivity index (χ3n) is 4.16. The minimum absolute atomic E-state index is 0.0217. The molecule has 2 rings (SSSR count). The number of nitrogens with one attached hydrogen (secondary N) is 1. The molecule has 23 heavy (non-hydrogen) atoms. The molecule has 0 saturated carbocycles. The monoisotopic (exact) mass is 316 g/mol. The normalized spacial score (nSPS) is 15.7. The average molecular weight is 316 g/mol. The van der Waals surface area contributed by atoms with Crippen LogP contribution in [-0.4, -0.2) is 24.8 Å². The van der Waals surface area contributed by atoms with Gasteiger partial charge in [-0.2, -0.15) is 0 Å². The van der Waals surface area contributed by atoms with Gasteiger partial charge in [0, 0.05) is 43.7 Å². The first-order chi connectivity index (χ1) is 10.7. The van der Waals surface area contributed by atoms with Crippen molar-refractivity contribution in [3.63, 3.8) is 0 Å². The largest absolute Gasteiger partial charge is 0.371 e. The SMILES string of the molecule is Cc1cc(N2CCC(=O)CC2)cc(C)c1NC(=O)CC(C)(C)C. The van der Waals surface area contributed by atoms with Crippen LogP contribution < -0.4 is 10.2 Å². The van der Waals surface area contributed by atoms with Crippen LogP contribution in [0.5, 0.6) is 0 Å². The summed E-state index contributed by atoms with van der Waals surface area (Å²) in [7, 11) is 0. The van der Waals surface area contributed by atoms with Gasteiger partial charge in [-0.25, -0.2) is 0 Å². The number of hydrogen-bond donors (Lipinski definition) is 1. The molecule has 0 spiro atoms. The van der Waals surface area contributed by atoms with Gasteiger partial charge >= 0.3 is 0 Å². The Bertz CT molecular complexity index is 581. The molecule has 0 aliphatic carbocycles. The molecule has 1 aliphatic heterocycles. The quantitative estimate of drug-likeness (QED) is 0.921. The fraction of sp³-hybridized carbons (Fsp3) is 0.579. The van der Waals surface area contributed by atoms with Crippen LogP contribution in [0.15, 0.2) is 12.1 Å². The van der Waals surface area contributed by atoms with Gasteiger partial charge in [0.1, 0.15) is 5.78 Å². The Balaban J connectivity index is 2.14. The highest BCUT2D eigenvalue weighted by Crippen LogP contribution is 2.29. The highest BCUT2D eigenvalue weighted by atomic mass is 16.1. The predicted octanol–water partition coefficient (Wildman–Crippen LogP) is 3.85. The first kappa shape index (κ1) is 17.5. The second-order valence-electron chi connectivity index (χ2n) is 7.77. The van der Waals surface area contributed by atoms with E-state index in [9.17, 15) is 9.59 Å². The molecular formula is C19H28N2O2. The summed E-state index contributed by atoms with van der Waals surface area (Å²) in [6.07, 6.45) is 1.76. The van der Waals surface area contributed by atoms with Gasteiger partial charge in [0.2, 0.25) is 5.91 Å². The van der Waals surface area contributed by atoms with E-state index >= 15 is 0 Å². The van der Waals surface area contributed by atoms with Gasteiger partial charge in [-0.05, 0) is 42.5 Å². The number of Topliss-reactive ketones (excluding diaryl/α,β-unsaturated/α-hetero) is 1. The summed E-state index contributed by atoms with van der Waals surface area (Å²) in [4.78, 5) is 25.8. The third kappa shape index (κ3) is 4.81. The number of rotatable bonds is 3. The van der Waals surface area contributed by atoms with Gasteiger partial charge < -0.3 is 10.2 Å². The molecule has 1 heterocycles. The second kappa shape index (κ2) is 6.73. The summed E-state index contributed by atoms with van der Waals surface area (Å²) in [5.74, 6) is 0.403. The van der Waals surface area contributed by atoms with Crippen molar-refractivity contribution in [2.45, 2.75) is 53.9 Å². The maximum absolute atomic E-state index is 12.2. The van der Waals surface area contributed by atoms with Crippen molar-refractivity contribution in [2.75, 3.05) is 23.3 Å². The molecule has 1 N–H and O–H groups in total. The predicted molar refractivity (Wildman–Crippen MR) is 95.1 cm³/mol. The first-order valence-electron chi connectivity index (χ1n) is 8.33. The van der Waals surface area contributed by atoms with Gasteiger partial charge in [0.15, 0.2) is 0 Å². The first-order valence-corrected chi connectivity index (χ1v) is 8.33. The van der Waals surface area contributed by atoms with E-state index in [2.05, 4.69) is 43.1 Å². The highest BCUT2D eigenvalue weighted by molar-refractivity contribution is 5.93.